The van der Waals surface area contributed by atoms with Crippen LogP contribution < -0.4 is 11.1 Å². The molecule has 0 heterocycles. The molecule has 0 aromatic heterocycles. The molecule has 1 unspecified atom stereocenters. The molecule has 1 aromatic carbocycles. The Morgan fingerprint density at radius 2 is 2.24 bits per heavy atom. The lowest BCUT2D eigenvalue weighted by Gasteiger charge is -2.12. The minimum absolute atomic E-state index is 0.208. The Balaban J connectivity index is 2.81. The summed E-state index contributed by atoms with van der Waals surface area (Å²) in [6.07, 6.45) is 0.581. The highest BCUT2D eigenvalue weighted by Crippen LogP contribution is 2.25. The molecule has 1 atom stereocenters. The number of carbonyl (C=O) groups is 1. The molecule has 5 heteroatoms. The van der Waals surface area contributed by atoms with Crippen molar-refractivity contribution in [1.29, 1.82) is 0 Å². The van der Waals surface area contributed by atoms with Crippen LogP contribution in [0.3, 0.4) is 0 Å². The van der Waals surface area contributed by atoms with Gasteiger partial charge < -0.3 is 11.1 Å². The van der Waals surface area contributed by atoms with Crippen molar-refractivity contribution in [3.05, 3.63) is 28.5 Å². The second kappa shape index (κ2) is 5.98. The van der Waals surface area contributed by atoms with Crippen molar-refractivity contribution in [3.63, 3.8) is 0 Å². The van der Waals surface area contributed by atoms with E-state index < -0.39 is 5.82 Å². The molecule has 3 nitrogen and oxygen atoms in total. The van der Waals surface area contributed by atoms with Crippen LogP contribution in [0.2, 0.25) is 5.02 Å². The molecule has 0 bridgehead atoms. The van der Waals surface area contributed by atoms with Crippen LogP contribution in [0.1, 0.15) is 18.9 Å². The molecule has 3 N–H and O–H groups in total. The third kappa shape index (κ3) is 3.68. The van der Waals surface area contributed by atoms with Crippen molar-refractivity contribution >= 4 is 23.2 Å². The normalized spacial score (nSPS) is 12.3. The zero-order valence-electron chi connectivity index (χ0n) is 9.89. The first-order chi connectivity index (χ1) is 7.95. The van der Waals surface area contributed by atoms with Gasteiger partial charge in [-0.1, -0.05) is 18.5 Å². The summed E-state index contributed by atoms with van der Waals surface area (Å²) in [6, 6.07) is 2.71. The summed E-state index contributed by atoms with van der Waals surface area (Å²) in [6.45, 7) is 3.81. The Labute approximate surface area is 105 Å². The summed E-state index contributed by atoms with van der Waals surface area (Å²) < 4.78 is 13.3. The lowest BCUT2D eigenvalue weighted by molar-refractivity contribution is -0.119. The lowest BCUT2D eigenvalue weighted by atomic mass is 10.1. The van der Waals surface area contributed by atoms with E-state index in [0.717, 1.165) is 0 Å². The maximum atomic E-state index is 13.3. The summed E-state index contributed by atoms with van der Waals surface area (Å²) in [4.78, 5) is 11.7. The smallest absolute Gasteiger partial charge is 0.227 e. The number of hydrogen-bond donors (Lipinski definition) is 2. The SMILES string of the molecule is Cc1cc(Cl)c(NC(=O)C(C)CCN)cc1F. The fourth-order valence-corrected chi connectivity index (χ4v) is 1.64. The highest BCUT2D eigenvalue weighted by atomic mass is 35.5. The number of amides is 1. The largest absolute Gasteiger partial charge is 0.330 e. The maximum Gasteiger partial charge on any atom is 0.227 e. The summed E-state index contributed by atoms with van der Waals surface area (Å²) in [5.41, 5.74) is 6.11. The summed E-state index contributed by atoms with van der Waals surface area (Å²) >= 11 is 5.92. The molecule has 0 aliphatic heterocycles. The molecular weight excluding hydrogens is 243 g/mol. The number of aryl methyl sites for hydroxylation is 1. The number of carbonyl (C=O) groups excluding carboxylic acids is 1. The van der Waals surface area contributed by atoms with Crippen LogP contribution in [0, 0.1) is 18.7 Å². The Kier molecular flexibility index (Phi) is 4.90. The monoisotopic (exact) mass is 258 g/mol. The van der Waals surface area contributed by atoms with E-state index in [9.17, 15) is 9.18 Å². The van der Waals surface area contributed by atoms with E-state index in [0.29, 0.717) is 29.2 Å². The maximum absolute atomic E-state index is 13.3. The average Bonchev–Trinajstić information content (AvgIpc) is 2.26. The van der Waals surface area contributed by atoms with Gasteiger partial charge in [-0.15, -0.1) is 0 Å². The van der Waals surface area contributed by atoms with Crippen LogP contribution >= 0.6 is 11.6 Å². The van der Waals surface area contributed by atoms with Gasteiger partial charge in [0.25, 0.3) is 0 Å². The molecule has 94 valence electrons. The Morgan fingerprint density at radius 3 is 2.82 bits per heavy atom. The molecule has 0 fully saturated rings. The fraction of sp³-hybridized carbons (Fsp3) is 0.417. The van der Waals surface area contributed by atoms with Crippen LogP contribution in [0.5, 0.6) is 0 Å². The molecule has 0 saturated carbocycles. The highest BCUT2D eigenvalue weighted by molar-refractivity contribution is 6.33. The summed E-state index contributed by atoms with van der Waals surface area (Å²) in [7, 11) is 0. The molecule has 17 heavy (non-hydrogen) atoms. The molecule has 0 aliphatic carbocycles. The van der Waals surface area contributed by atoms with E-state index in [1.165, 1.54) is 12.1 Å². The summed E-state index contributed by atoms with van der Waals surface area (Å²) in [5.74, 6) is -0.822. The van der Waals surface area contributed by atoms with Gasteiger partial charge in [-0.2, -0.15) is 0 Å². The standard InChI is InChI=1S/C12H16ClFN2O/c1-7(3-4-15)12(17)16-11-6-10(14)8(2)5-9(11)13/h5-7H,3-4,15H2,1-2H3,(H,16,17). The van der Waals surface area contributed by atoms with Crippen molar-refractivity contribution in [3.8, 4) is 0 Å². The Bertz CT molecular complexity index is 423. The topological polar surface area (TPSA) is 55.1 Å². The van der Waals surface area contributed by atoms with Crippen LogP contribution in [0.15, 0.2) is 12.1 Å². The third-order valence-corrected chi connectivity index (χ3v) is 2.87. The van der Waals surface area contributed by atoms with E-state index in [2.05, 4.69) is 5.32 Å². The molecule has 0 saturated heterocycles. The van der Waals surface area contributed by atoms with Gasteiger partial charge >= 0.3 is 0 Å². The predicted octanol–water partition coefficient (Wildman–Crippen LogP) is 2.71. The van der Waals surface area contributed by atoms with Crippen LogP contribution in [-0.4, -0.2) is 12.5 Å². The van der Waals surface area contributed by atoms with Gasteiger partial charge in [0, 0.05) is 5.92 Å². The van der Waals surface area contributed by atoms with E-state index in [-0.39, 0.29) is 11.8 Å². The van der Waals surface area contributed by atoms with Gasteiger partial charge in [-0.05, 0) is 37.6 Å². The average molecular weight is 259 g/mol. The number of rotatable bonds is 4. The number of benzene rings is 1. The van der Waals surface area contributed by atoms with E-state index >= 15 is 0 Å². The van der Waals surface area contributed by atoms with Crippen molar-refractivity contribution in [2.45, 2.75) is 20.3 Å². The molecule has 1 aromatic rings. The summed E-state index contributed by atoms with van der Waals surface area (Å²) in [5, 5.41) is 2.93. The van der Waals surface area contributed by atoms with Crippen molar-refractivity contribution < 1.29 is 9.18 Å². The minimum atomic E-state index is -0.392. The van der Waals surface area contributed by atoms with Gasteiger partial charge in [0.05, 0.1) is 10.7 Å². The molecule has 0 spiro atoms. The van der Waals surface area contributed by atoms with E-state index in [4.69, 9.17) is 17.3 Å². The van der Waals surface area contributed by atoms with Crippen molar-refractivity contribution in [2.75, 3.05) is 11.9 Å². The van der Waals surface area contributed by atoms with Crippen molar-refractivity contribution in [2.24, 2.45) is 11.7 Å². The second-order valence-electron chi connectivity index (χ2n) is 4.05. The Hall–Kier alpha value is -1.13. The molecule has 1 amide bonds. The van der Waals surface area contributed by atoms with Gasteiger partial charge in [-0.25, -0.2) is 4.39 Å². The highest BCUT2D eigenvalue weighted by Gasteiger charge is 2.14. The fourth-order valence-electron chi connectivity index (χ4n) is 1.38. The first-order valence-corrected chi connectivity index (χ1v) is 5.80. The quantitative estimate of drug-likeness (QED) is 0.872. The second-order valence-corrected chi connectivity index (χ2v) is 4.46. The number of halogens is 2. The van der Waals surface area contributed by atoms with Gasteiger partial charge in [0.15, 0.2) is 0 Å². The number of nitrogens with two attached hydrogens (primary N) is 1. The number of hydrogen-bond acceptors (Lipinski definition) is 2. The van der Waals surface area contributed by atoms with E-state index in [1.807, 2.05) is 0 Å². The van der Waals surface area contributed by atoms with Gasteiger partial charge in [-0.3, -0.25) is 4.79 Å². The molecule has 1 rings (SSSR count). The zero-order valence-corrected chi connectivity index (χ0v) is 10.6. The molecular formula is C12H16ClFN2O. The first-order valence-electron chi connectivity index (χ1n) is 5.42. The first kappa shape index (κ1) is 13.9. The lowest BCUT2D eigenvalue weighted by Crippen LogP contribution is -2.23. The van der Waals surface area contributed by atoms with Crippen LogP contribution in [0.4, 0.5) is 10.1 Å². The van der Waals surface area contributed by atoms with Gasteiger partial charge in [0.2, 0.25) is 5.91 Å². The van der Waals surface area contributed by atoms with Gasteiger partial charge in [0.1, 0.15) is 5.82 Å². The van der Waals surface area contributed by atoms with Crippen molar-refractivity contribution in [1.82, 2.24) is 0 Å². The Morgan fingerprint density at radius 1 is 1.59 bits per heavy atom. The third-order valence-electron chi connectivity index (χ3n) is 2.55. The minimum Gasteiger partial charge on any atom is -0.330 e. The van der Waals surface area contributed by atoms with Crippen LogP contribution in [0.25, 0.3) is 0 Å². The molecule has 0 radical (unpaired) electrons. The van der Waals surface area contributed by atoms with Crippen LogP contribution in [-0.2, 0) is 4.79 Å². The predicted molar refractivity (Wildman–Crippen MR) is 67.6 cm³/mol. The number of nitrogens with one attached hydrogen (secondary N) is 1. The van der Waals surface area contributed by atoms with E-state index in [1.54, 1.807) is 13.8 Å². The molecule has 0 aliphatic rings. The number of anilines is 1. The zero-order chi connectivity index (χ0) is 13.0.